The molecule has 2 N–H and O–H groups in total. The number of urea groups is 1. The molecule has 2 fully saturated rings. The number of aromatic nitrogens is 2. The molecule has 168 valence electrons. The number of amides is 2. The second kappa shape index (κ2) is 10.4. The monoisotopic (exact) mass is 419 g/mol. The normalized spacial score (nSPS) is 21.4. The highest BCUT2D eigenvalue weighted by Gasteiger charge is 2.24. The minimum Gasteiger partial charge on any atom is -0.381 e. The van der Waals surface area contributed by atoms with Gasteiger partial charge in [-0.05, 0) is 38.3 Å². The first-order valence-electron chi connectivity index (χ1n) is 11.3. The van der Waals surface area contributed by atoms with E-state index in [4.69, 9.17) is 4.74 Å². The number of hydrogen-bond acceptors (Lipinski definition) is 5. The molecular weight excluding hydrogens is 382 g/mol. The van der Waals surface area contributed by atoms with Crippen molar-refractivity contribution in [2.75, 3.05) is 32.8 Å². The highest BCUT2D eigenvalue weighted by atomic mass is 16.5. The predicted octanol–water partition coefficient (Wildman–Crippen LogP) is 1.87. The van der Waals surface area contributed by atoms with Crippen molar-refractivity contribution < 1.29 is 9.53 Å². The molecule has 2 aliphatic heterocycles. The Labute approximate surface area is 179 Å². The molecule has 8 heteroatoms. The Morgan fingerprint density at radius 2 is 1.93 bits per heavy atom. The SMILES string of the molecule is CC(C)(C)c1ccc(=O)n(CCN2CCCCC2CNC(=O)NC2CCOCC2)n1. The molecule has 3 heterocycles. The number of likely N-dealkylation sites (tertiary alicyclic amines) is 1. The fraction of sp³-hybridized carbons (Fsp3) is 0.773. The Kier molecular flexibility index (Phi) is 7.88. The van der Waals surface area contributed by atoms with Crippen molar-refractivity contribution in [1.29, 1.82) is 0 Å². The maximum atomic E-state index is 12.3. The average Bonchev–Trinajstić information content (AvgIpc) is 2.72. The zero-order valence-corrected chi connectivity index (χ0v) is 18.7. The van der Waals surface area contributed by atoms with Crippen molar-refractivity contribution >= 4 is 6.03 Å². The van der Waals surface area contributed by atoms with Crippen molar-refractivity contribution in [1.82, 2.24) is 25.3 Å². The molecule has 0 saturated carbocycles. The average molecular weight is 420 g/mol. The first kappa shape index (κ1) is 22.7. The quantitative estimate of drug-likeness (QED) is 0.735. The molecule has 1 unspecified atom stereocenters. The van der Waals surface area contributed by atoms with Gasteiger partial charge in [-0.15, -0.1) is 0 Å². The van der Waals surface area contributed by atoms with Crippen LogP contribution < -0.4 is 16.2 Å². The van der Waals surface area contributed by atoms with Gasteiger partial charge in [-0.1, -0.05) is 27.2 Å². The van der Waals surface area contributed by atoms with E-state index in [-0.39, 0.29) is 23.0 Å². The molecule has 2 saturated heterocycles. The minimum absolute atomic E-state index is 0.0643. The lowest BCUT2D eigenvalue weighted by Gasteiger charge is -2.36. The Morgan fingerprint density at radius 3 is 2.67 bits per heavy atom. The van der Waals surface area contributed by atoms with Crippen molar-refractivity contribution in [3.63, 3.8) is 0 Å². The van der Waals surface area contributed by atoms with Crippen LogP contribution in [0.4, 0.5) is 4.79 Å². The van der Waals surface area contributed by atoms with E-state index in [2.05, 4.69) is 41.4 Å². The van der Waals surface area contributed by atoms with Gasteiger partial charge in [0.1, 0.15) is 0 Å². The van der Waals surface area contributed by atoms with Gasteiger partial charge < -0.3 is 15.4 Å². The highest BCUT2D eigenvalue weighted by molar-refractivity contribution is 5.74. The third kappa shape index (κ3) is 6.54. The molecule has 0 aliphatic carbocycles. The van der Waals surface area contributed by atoms with E-state index in [1.54, 1.807) is 10.7 Å². The summed E-state index contributed by atoms with van der Waals surface area (Å²) < 4.78 is 6.92. The van der Waals surface area contributed by atoms with Gasteiger partial charge in [0.2, 0.25) is 0 Å². The first-order valence-corrected chi connectivity index (χ1v) is 11.3. The second-order valence-electron chi connectivity index (χ2n) is 9.46. The predicted molar refractivity (Wildman–Crippen MR) is 117 cm³/mol. The number of nitrogens with zero attached hydrogens (tertiary/aromatic N) is 3. The minimum atomic E-state index is -0.0943. The van der Waals surface area contributed by atoms with Crippen LogP contribution >= 0.6 is 0 Å². The maximum absolute atomic E-state index is 12.3. The van der Waals surface area contributed by atoms with Gasteiger partial charge in [0.25, 0.3) is 5.56 Å². The van der Waals surface area contributed by atoms with Crippen LogP contribution in [0.1, 0.15) is 58.6 Å². The van der Waals surface area contributed by atoms with Gasteiger partial charge in [0, 0.05) is 49.9 Å². The topological polar surface area (TPSA) is 88.5 Å². The van der Waals surface area contributed by atoms with Gasteiger partial charge >= 0.3 is 6.03 Å². The third-order valence-electron chi connectivity index (χ3n) is 6.04. The van der Waals surface area contributed by atoms with Crippen LogP contribution in [-0.4, -0.2) is 65.6 Å². The number of carbonyl (C=O) groups is 1. The molecule has 30 heavy (non-hydrogen) atoms. The molecule has 3 rings (SSSR count). The van der Waals surface area contributed by atoms with Crippen LogP contribution in [0.3, 0.4) is 0 Å². The Morgan fingerprint density at radius 1 is 1.17 bits per heavy atom. The van der Waals surface area contributed by atoms with Crippen LogP contribution in [-0.2, 0) is 16.7 Å². The van der Waals surface area contributed by atoms with Gasteiger partial charge in [-0.2, -0.15) is 5.10 Å². The zero-order chi connectivity index (χ0) is 21.6. The molecule has 0 spiro atoms. The van der Waals surface area contributed by atoms with Crippen molar-refractivity contribution in [2.24, 2.45) is 0 Å². The fourth-order valence-electron chi connectivity index (χ4n) is 4.11. The van der Waals surface area contributed by atoms with E-state index in [9.17, 15) is 9.59 Å². The third-order valence-corrected chi connectivity index (χ3v) is 6.04. The molecule has 0 aromatic carbocycles. The number of hydrogen-bond donors (Lipinski definition) is 2. The van der Waals surface area contributed by atoms with Crippen LogP contribution in [0.2, 0.25) is 0 Å². The fourth-order valence-corrected chi connectivity index (χ4v) is 4.11. The summed E-state index contributed by atoms with van der Waals surface area (Å²) in [6.45, 7) is 10.7. The van der Waals surface area contributed by atoms with Crippen molar-refractivity contribution in [3.8, 4) is 0 Å². The standard InChI is InChI=1S/C22H37N5O3/c1-22(2,3)19-7-8-20(28)27(25-19)13-12-26-11-5-4-6-18(26)16-23-21(29)24-17-9-14-30-15-10-17/h7-8,17-18H,4-6,9-16H2,1-3H3,(H2,23,24,29). The summed E-state index contributed by atoms with van der Waals surface area (Å²) in [5, 5.41) is 10.7. The number of nitrogens with one attached hydrogen (secondary N) is 2. The molecule has 0 bridgehead atoms. The van der Waals surface area contributed by atoms with E-state index in [1.807, 2.05) is 6.07 Å². The van der Waals surface area contributed by atoms with Gasteiger partial charge in [-0.3, -0.25) is 9.69 Å². The van der Waals surface area contributed by atoms with E-state index in [0.29, 0.717) is 32.3 Å². The number of rotatable bonds is 6. The lowest BCUT2D eigenvalue weighted by Crippen LogP contribution is -2.51. The van der Waals surface area contributed by atoms with Gasteiger partial charge in [-0.25, -0.2) is 9.48 Å². The molecule has 2 amide bonds. The van der Waals surface area contributed by atoms with E-state index < -0.39 is 0 Å². The first-order chi connectivity index (χ1) is 14.3. The summed E-state index contributed by atoms with van der Waals surface area (Å²) in [7, 11) is 0. The van der Waals surface area contributed by atoms with Crippen molar-refractivity contribution in [2.45, 2.75) is 76.9 Å². The maximum Gasteiger partial charge on any atom is 0.315 e. The zero-order valence-electron chi connectivity index (χ0n) is 18.7. The van der Waals surface area contributed by atoms with Crippen LogP contribution in [0.5, 0.6) is 0 Å². The van der Waals surface area contributed by atoms with Gasteiger partial charge in [0.05, 0.1) is 12.2 Å². The highest BCUT2D eigenvalue weighted by Crippen LogP contribution is 2.19. The molecule has 0 radical (unpaired) electrons. The number of carbonyl (C=O) groups excluding carboxylic acids is 1. The molecule has 1 aromatic rings. The number of piperidine rings is 1. The van der Waals surface area contributed by atoms with E-state index in [0.717, 1.165) is 44.5 Å². The summed E-state index contributed by atoms with van der Waals surface area (Å²) in [6.07, 6.45) is 5.12. The smallest absolute Gasteiger partial charge is 0.315 e. The summed E-state index contributed by atoms with van der Waals surface area (Å²) in [4.78, 5) is 26.9. The summed E-state index contributed by atoms with van der Waals surface area (Å²) in [5.74, 6) is 0. The van der Waals surface area contributed by atoms with Gasteiger partial charge in [0.15, 0.2) is 0 Å². The number of ether oxygens (including phenoxy) is 1. The second-order valence-corrected chi connectivity index (χ2v) is 9.46. The van der Waals surface area contributed by atoms with E-state index in [1.165, 1.54) is 6.42 Å². The van der Waals surface area contributed by atoms with E-state index >= 15 is 0 Å². The lowest BCUT2D eigenvalue weighted by atomic mass is 9.92. The summed E-state index contributed by atoms with van der Waals surface area (Å²) >= 11 is 0. The molecule has 2 aliphatic rings. The summed E-state index contributed by atoms with van der Waals surface area (Å²) in [5.41, 5.74) is 0.763. The van der Waals surface area contributed by atoms with Crippen LogP contribution in [0.25, 0.3) is 0 Å². The lowest BCUT2D eigenvalue weighted by molar-refractivity contribution is 0.0798. The summed E-state index contributed by atoms with van der Waals surface area (Å²) in [6, 6.07) is 3.84. The molecular formula is C22H37N5O3. The molecule has 1 aromatic heterocycles. The Hall–Kier alpha value is -1.93. The molecule has 1 atom stereocenters. The Bertz CT molecular complexity index is 752. The van der Waals surface area contributed by atoms with Crippen molar-refractivity contribution in [3.05, 3.63) is 28.2 Å². The molecule has 8 nitrogen and oxygen atoms in total. The van der Waals surface area contributed by atoms with Crippen LogP contribution in [0, 0.1) is 0 Å². The Balaban J connectivity index is 1.52. The largest absolute Gasteiger partial charge is 0.381 e. The van der Waals surface area contributed by atoms with Crippen LogP contribution in [0.15, 0.2) is 16.9 Å².